The van der Waals surface area contributed by atoms with E-state index < -0.39 is 10.0 Å². The van der Waals surface area contributed by atoms with Gasteiger partial charge in [0.1, 0.15) is 5.82 Å². The van der Waals surface area contributed by atoms with Crippen LogP contribution in [0.3, 0.4) is 0 Å². The first kappa shape index (κ1) is 17.1. The van der Waals surface area contributed by atoms with Crippen LogP contribution in [-0.4, -0.2) is 25.4 Å². The van der Waals surface area contributed by atoms with Crippen molar-refractivity contribution in [2.24, 2.45) is 0 Å². The van der Waals surface area contributed by atoms with Gasteiger partial charge in [0.2, 0.25) is 10.0 Å². The van der Waals surface area contributed by atoms with Crippen LogP contribution < -0.4 is 10.0 Å². The van der Waals surface area contributed by atoms with Crippen molar-refractivity contribution >= 4 is 21.7 Å². The topological polar surface area (TPSA) is 88.2 Å². The van der Waals surface area contributed by atoms with E-state index in [1.165, 1.54) is 24.3 Å². The molecule has 0 saturated carbocycles. The van der Waals surface area contributed by atoms with Crippen molar-refractivity contribution in [3.8, 4) is 0 Å². The first-order chi connectivity index (χ1) is 10.8. The molecule has 7 heteroatoms. The number of carbonyl (C=O) groups is 1. The van der Waals surface area contributed by atoms with E-state index in [1.54, 1.807) is 26.1 Å². The Labute approximate surface area is 136 Å². The molecule has 0 spiro atoms. The molecule has 0 aliphatic heterocycles. The van der Waals surface area contributed by atoms with Crippen LogP contribution in [0.4, 0.5) is 5.82 Å². The van der Waals surface area contributed by atoms with Crippen LogP contribution in [0, 0.1) is 6.92 Å². The number of nitrogens with one attached hydrogen (secondary N) is 2. The van der Waals surface area contributed by atoms with E-state index in [-0.39, 0.29) is 16.8 Å². The van der Waals surface area contributed by atoms with E-state index in [2.05, 4.69) is 15.0 Å². The van der Waals surface area contributed by atoms with Crippen molar-refractivity contribution < 1.29 is 13.2 Å². The van der Waals surface area contributed by atoms with Gasteiger partial charge < -0.3 is 5.32 Å². The number of pyridine rings is 1. The average Bonchev–Trinajstić information content (AvgIpc) is 2.46. The van der Waals surface area contributed by atoms with Gasteiger partial charge in [0, 0.05) is 17.8 Å². The minimum Gasteiger partial charge on any atom is -0.307 e. The molecule has 1 aromatic heterocycles. The molecule has 0 fully saturated rings. The third kappa shape index (κ3) is 4.61. The lowest BCUT2D eigenvalue weighted by atomic mass is 10.2. The van der Waals surface area contributed by atoms with Gasteiger partial charge >= 0.3 is 0 Å². The largest absolute Gasteiger partial charge is 0.307 e. The highest BCUT2D eigenvalue weighted by atomic mass is 32.2. The second kappa shape index (κ2) is 6.89. The van der Waals surface area contributed by atoms with Gasteiger partial charge in [-0.25, -0.2) is 18.1 Å². The van der Waals surface area contributed by atoms with Crippen LogP contribution in [0.15, 0.2) is 47.5 Å². The Kier molecular flexibility index (Phi) is 5.12. The molecule has 0 radical (unpaired) electrons. The average molecular weight is 333 g/mol. The Morgan fingerprint density at radius 3 is 2.35 bits per heavy atom. The van der Waals surface area contributed by atoms with E-state index in [9.17, 15) is 13.2 Å². The molecule has 0 atom stereocenters. The van der Waals surface area contributed by atoms with Crippen molar-refractivity contribution in [1.82, 2.24) is 9.71 Å². The summed E-state index contributed by atoms with van der Waals surface area (Å²) in [6.07, 6.45) is 1.61. The molecule has 6 nitrogen and oxygen atoms in total. The summed E-state index contributed by atoms with van der Waals surface area (Å²) < 4.78 is 26.6. The molecule has 1 amide bonds. The maximum absolute atomic E-state index is 12.1. The van der Waals surface area contributed by atoms with Crippen LogP contribution in [0.2, 0.25) is 0 Å². The first-order valence-corrected chi connectivity index (χ1v) is 8.62. The Hall–Kier alpha value is -2.25. The Bertz CT molecular complexity index is 800. The quantitative estimate of drug-likeness (QED) is 0.879. The van der Waals surface area contributed by atoms with Gasteiger partial charge in [-0.05, 0) is 62.7 Å². The van der Waals surface area contributed by atoms with Gasteiger partial charge in [-0.2, -0.15) is 0 Å². The lowest BCUT2D eigenvalue weighted by molar-refractivity contribution is 0.102. The SMILES string of the molecule is Cc1ccnc(NC(=O)c2ccc(S(=O)(=O)NC(C)C)cc2)c1. The molecule has 0 aliphatic carbocycles. The Morgan fingerprint density at radius 2 is 1.78 bits per heavy atom. The summed E-state index contributed by atoms with van der Waals surface area (Å²) in [7, 11) is -3.56. The normalized spacial score (nSPS) is 11.5. The molecule has 0 bridgehead atoms. The standard InChI is InChI=1S/C16H19N3O3S/c1-11(2)19-23(21,22)14-6-4-13(5-7-14)16(20)18-15-10-12(3)8-9-17-15/h4-11,19H,1-3H3,(H,17,18,20). The van der Waals surface area contributed by atoms with E-state index in [0.717, 1.165) is 5.56 Å². The second-order valence-corrected chi connectivity index (χ2v) is 7.19. The van der Waals surface area contributed by atoms with Crippen LogP contribution >= 0.6 is 0 Å². The summed E-state index contributed by atoms with van der Waals surface area (Å²) in [5.74, 6) is 0.108. The molecular weight excluding hydrogens is 314 g/mol. The zero-order valence-corrected chi connectivity index (χ0v) is 14.0. The molecular formula is C16H19N3O3S. The molecule has 2 aromatic rings. The summed E-state index contributed by atoms with van der Waals surface area (Å²) in [6, 6.07) is 9.14. The van der Waals surface area contributed by atoms with Crippen molar-refractivity contribution in [3.63, 3.8) is 0 Å². The molecule has 0 unspecified atom stereocenters. The number of nitrogens with zero attached hydrogens (tertiary/aromatic N) is 1. The van der Waals surface area contributed by atoms with Crippen molar-refractivity contribution in [2.75, 3.05) is 5.32 Å². The van der Waals surface area contributed by atoms with Crippen LogP contribution in [0.25, 0.3) is 0 Å². The second-order valence-electron chi connectivity index (χ2n) is 5.47. The smallest absolute Gasteiger partial charge is 0.256 e. The number of sulfonamides is 1. The number of amides is 1. The maximum atomic E-state index is 12.1. The number of carbonyl (C=O) groups excluding carboxylic acids is 1. The van der Waals surface area contributed by atoms with E-state index in [0.29, 0.717) is 11.4 Å². The number of aromatic nitrogens is 1. The van der Waals surface area contributed by atoms with Gasteiger partial charge in [0.25, 0.3) is 5.91 Å². The summed E-state index contributed by atoms with van der Waals surface area (Å²) in [4.78, 5) is 16.3. The minimum absolute atomic E-state index is 0.122. The molecule has 1 aromatic carbocycles. The third-order valence-corrected chi connectivity index (χ3v) is 4.65. The van der Waals surface area contributed by atoms with Crippen LogP contribution in [-0.2, 0) is 10.0 Å². The first-order valence-electron chi connectivity index (χ1n) is 7.14. The van der Waals surface area contributed by atoms with Crippen molar-refractivity contribution in [2.45, 2.75) is 31.7 Å². The summed E-state index contributed by atoms with van der Waals surface area (Å²) in [5, 5.41) is 2.67. The molecule has 2 rings (SSSR count). The van der Waals surface area contributed by atoms with Gasteiger partial charge in [-0.15, -0.1) is 0 Å². The van der Waals surface area contributed by atoms with Crippen LogP contribution in [0.1, 0.15) is 29.8 Å². The van der Waals surface area contributed by atoms with E-state index >= 15 is 0 Å². The number of anilines is 1. The van der Waals surface area contributed by atoms with E-state index in [4.69, 9.17) is 0 Å². The van der Waals surface area contributed by atoms with Crippen LogP contribution in [0.5, 0.6) is 0 Å². The fourth-order valence-electron chi connectivity index (χ4n) is 1.96. The number of hydrogen-bond donors (Lipinski definition) is 2. The van der Waals surface area contributed by atoms with Gasteiger partial charge in [0.05, 0.1) is 4.90 Å². The molecule has 122 valence electrons. The number of rotatable bonds is 5. The predicted molar refractivity (Wildman–Crippen MR) is 88.8 cm³/mol. The molecule has 0 aliphatic rings. The van der Waals surface area contributed by atoms with Gasteiger partial charge in [-0.1, -0.05) is 0 Å². The molecule has 2 N–H and O–H groups in total. The summed E-state index contributed by atoms with van der Waals surface area (Å²) >= 11 is 0. The fourth-order valence-corrected chi connectivity index (χ4v) is 3.21. The zero-order chi connectivity index (χ0) is 17.0. The van der Waals surface area contributed by atoms with Gasteiger partial charge in [-0.3, -0.25) is 4.79 Å². The minimum atomic E-state index is -3.56. The van der Waals surface area contributed by atoms with Gasteiger partial charge in [0.15, 0.2) is 0 Å². The lowest BCUT2D eigenvalue weighted by Crippen LogP contribution is -2.30. The highest BCUT2D eigenvalue weighted by molar-refractivity contribution is 7.89. The summed E-state index contributed by atoms with van der Waals surface area (Å²) in [6.45, 7) is 5.39. The maximum Gasteiger partial charge on any atom is 0.256 e. The Morgan fingerprint density at radius 1 is 1.13 bits per heavy atom. The highest BCUT2D eigenvalue weighted by Gasteiger charge is 2.16. The lowest BCUT2D eigenvalue weighted by Gasteiger charge is -2.10. The number of hydrogen-bond acceptors (Lipinski definition) is 4. The monoisotopic (exact) mass is 333 g/mol. The third-order valence-electron chi connectivity index (χ3n) is 2.97. The zero-order valence-electron chi connectivity index (χ0n) is 13.2. The number of aryl methyl sites for hydroxylation is 1. The number of benzene rings is 1. The molecule has 1 heterocycles. The van der Waals surface area contributed by atoms with Crippen molar-refractivity contribution in [3.05, 3.63) is 53.7 Å². The van der Waals surface area contributed by atoms with Crippen molar-refractivity contribution in [1.29, 1.82) is 0 Å². The fraction of sp³-hybridized carbons (Fsp3) is 0.250. The predicted octanol–water partition coefficient (Wildman–Crippen LogP) is 2.33. The Balaban J connectivity index is 2.14. The molecule has 23 heavy (non-hydrogen) atoms. The summed E-state index contributed by atoms with van der Waals surface area (Å²) in [5.41, 5.74) is 1.34. The molecule has 0 saturated heterocycles. The van der Waals surface area contributed by atoms with E-state index in [1.807, 2.05) is 13.0 Å². The highest BCUT2D eigenvalue weighted by Crippen LogP contribution is 2.13.